The third-order valence-electron chi connectivity index (χ3n) is 6.20. The Kier molecular flexibility index (Phi) is 4.22. The van der Waals surface area contributed by atoms with Gasteiger partial charge in [0.05, 0.1) is 0 Å². The minimum atomic E-state index is -0.0273. The minimum absolute atomic E-state index is 0.0273. The summed E-state index contributed by atoms with van der Waals surface area (Å²) in [6.45, 7) is 6.43. The zero-order chi connectivity index (χ0) is 18.3. The van der Waals surface area contributed by atoms with Crippen LogP contribution in [0, 0.1) is 12.3 Å². The van der Waals surface area contributed by atoms with Crippen molar-refractivity contribution < 1.29 is 4.79 Å². The van der Waals surface area contributed by atoms with Crippen LogP contribution in [-0.4, -0.2) is 5.91 Å². The zero-order valence-corrected chi connectivity index (χ0v) is 16.0. The highest BCUT2D eigenvalue weighted by atomic mass is 16.1. The number of allylic oxidation sites excluding steroid dienone is 2. The van der Waals surface area contributed by atoms with Gasteiger partial charge in [0.2, 0.25) is 0 Å². The highest BCUT2D eigenvalue weighted by Crippen LogP contribution is 2.64. The van der Waals surface area contributed by atoms with Crippen LogP contribution in [0.4, 0.5) is 5.69 Å². The number of carbonyl (C=O) groups is 1. The predicted molar refractivity (Wildman–Crippen MR) is 108 cm³/mol. The van der Waals surface area contributed by atoms with Crippen LogP contribution in [0.15, 0.2) is 48.0 Å². The van der Waals surface area contributed by atoms with Crippen molar-refractivity contribution in [2.24, 2.45) is 5.41 Å². The summed E-state index contributed by atoms with van der Waals surface area (Å²) in [6, 6.07) is 14.3. The molecule has 1 saturated carbocycles. The van der Waals surface area contributed by atoms with E-state index in [4.69, 9.17) is 0 Å². The molecule has 0 heterocycles. The molecule has 0 aliphatic heterocycles. The molecule has 2 aromatic rings. The number of anilines is 1. The Hall–Kier alpha value is -2.35. The van der Waals surface area contributed by atoms with Crippen LogP contribution in [0.3, 0.4) is 0 Å². The van der Waals surface area contributed by atoms with Gasteiger partial charge in [0, 0.05) is 11.3 Å². The van der Waals surface area contributed by atoms with Gasteiger partial charge < -0.3 is 5.32 Å². The first-order chi connectivity index (χ1) is 12.5. The lowest BCUT2D eigenvalue weighted by Gasteiger charge is -2.17. The van der Waals surface area contributed by atoms with Gasteiger partial charge in [-0.3, -0.25) is 4.79 Å². The van der Waals surface area contributed by atoms with Gasteiger partial charge in [-0.2, -0.15) is 0 Å². The molecule has 2 nitrogen and oxygen atoms in total. The molecule has 2 heteroatoms. The van der Waals surface area contributed by atoms with Crippen LogP contribution in [0.2, 0.25) is 0 Å². The van der Waals surface area contributed by atoms with Crippen LogP contribution in [-0.2, 0) is 6.42 Å². The van der Waals surface area contributed by atoms with Gasteiger partial charge in [-0.25, -0.2) is 0 Å². The molecule has 0 bridgehead atoms. The van der Waals surface area contributed by atoms with Crippen molar-refractivity contribution in [3.8, 4) is 0 Å². The quantitative estimate of drug-likeness (QED) is 0.706. The first kappa shape index (κ1) is 17.1. The maximum absolute atomic E-state index is 12.7. The van der Waals surface area contributed by atoms with E-state index >= 15 is 0 Å². The predicted octanol–water partition coefficient (Wildman–Crippen LogP) is 6.16. The molecule has 0 aromatic heterocycles. The minimum Gasteiger partial charge on any atom is -0.322 e. The normalized spacial score (nSPS) is 17.7. The Balaban J connectivity index is 1.64. The molecule has 0 radical (unpaired) electrons. The van der Waals surface area contributed by atoms with E-state index in [0.717, 1.165) is 23.2 Å². The summed E-state index contributed by atoms with van der Waals surface area (Å²) in [4.78, 5) is 12.7. The summed E-state index contributed by atoms with van der Waals surface area (Å²) >= 11 is 0. The number of hydrogen-bond acceptors (Lipinski definition) is 1. The average molecular weight is 345 g/mol. The Labute approximate surface area is 156 Å². The largest absolute Gasteiger partial charge is 0.322 e. The maximum atomic E-state index is 12.7. The molecule has 1 spiro atoms. The van der Waals surface area contributed by atoms with Crippen molar-refractivity contribution in [2.75, 3.05) is 5.32 Å². The van der Waals surface area contributed by atoms with Crippen LogP contribution in [0.5, 0.6) is 0 Å². The van der Waals surface area contributed by atoms with E-state index in [9.17, 15) is 4.79 Å². The smallest absolute Gasteiger partial charge is 0.255 e. The highest BCUT2D eigenvalue weighted by molar-refractivity contribution is 6.05. The fraction of sp³-hybridized carbons (Fsp3) is 0.375. The standard InChI is InChI=1S/C24H27NO/c1-4-18-15-19(22-17(3)11-12-24(22)13-14-24)9-10-21(18)25-23(26)20-8-6-5-7-16(20)2/h5-10,15H,4,11-14H2,1-3H3,(H,25,26). The molecular formula is C24H27NO. The van der Waals surface area contributed by atoms with Gasteiger partial charge >= 0.3 is 0 Å². The molecule has 0 atom stereocenters. The van der Waals surface area contributed by atoms with E-state index in [0.29, 0.717) is 5.41 Å². The van der Waals surface area contributed by atoms with Gasteiger partial charge in [0.15, 0.2) is 0 Å². The lowest BCUT2D eigenvalue weighted by Crippen LogP contribution is -2.14. The molecule has 4 rings (SSSR count). The van der Waals surface area contributed by atoms with Crippen molar-refractivity contribution in [3.63, 3.8) is 0 Å². The van der Waals surface area contributed by atoms with Crippen LogP contribution >= 0.6 is 0 Å². The van der Waals surface area contributed by atoms with Crippen molar-refractivity contribution >= 4 is 17.2 Å². The fourth-order valence-electron chi connectivity index (χ4n) is 4.51. The third kappa shape index (κ3) is 2.88. The van der Waals surface area contributed by atoms with E-state index in [-0.39, 0.29) is 5.91 Å². The summed E-state index contributed by atoms with van der Waals surface area (Å²) < 4.78 is 0. The van der Waals surface area contributed by atoms with E-state index in [1.807, 2.05) is 31.2 Å². The Morgan fingerprint density at radius 3 is 2.54 bits per heavy atom. The second-order valence-electron chi connectivity index (χ2n) is 7.93. The highest BCUT2D eigenvalue weighted by Gasteiger charge is 2.49. The van der Waals surface area contributed by atoms with Gasteiger partial charge in [0.25, 0.3) is 5.91 Å². The zero-order valence-electron chi connectivity index (χ0n) is 16.0. The second-order valence-corrected chi connectivity index (χ2v) is 7.93. The third-order valence-corrected chi connectivity index (χ3v) is 6.20. The summed E-state index contributed by atoms with van der Waals surface area (Å²) in [5.74, 6) is -0.0273. The van der Waals surface area contributed by atoms with E-state index in [2.05, 4.69) is 37.4 Å². The van der Waals surface area contributed by atoms with E-state index in [1.165, 1.54) is 36.8 Å². The fourth-order valence-corrected chi connectivity index (χ4v) is 4.51. The van der Waals surface area contributed by atoms with E-state index in [1.54, 1.807) is 11.1 Å². The lowest BCUT2D eigenvalue weighted by molar-refractivity contribution is 0.102. The summed E-state index contributed by atoms with van der Waals surface area (Å²) in [6.07, 6.45) is 6.15. The second kappa shape index (κ2) is 6.42. The molecular weight excluding hydrogens is 318 g/mol. The summed E-state index contributed by atoms with van der Waals surface area (Å²) in [5.41, 5.74) is 8.87. The lowest BCUT2D eigenvalue weighted by atomic mass is 9.89. The van der Waals surface area contributed by atoms with Gasteiger partial charge in [-0.05, 0) is 91.8 Å². The number of carbonyl (C=O) groups excluding carboxylic acids is 1. The molecule has 134 valence electrons. The van der Waals surface area contributed by atoms with Crippen molar-refractivity contribution in [1.82, 2.24) is 0 Å². The Morgan fingerprint density at radius 1 is 1.08 bits per heavy atom. The topological polar surface area (TPSA) is 29.1 Å². The molecule has 2 aliphatic rings. The molecule has 2 aliphatic carbocycles. The van der Waals surface area contributed by atoms with Crippen molar-refractivity contribution in [3.05, 3.63) is 70.3 Å². The van der Waals surface area contributed by atoms with Gasteiger partial charge in [-0.15, -0.1) is 0 Å². The molecule has 26 heavy (non-hydrogen) atoms. The van der Waals surface area contributed by atoms with Gasteiger partial charge in [-0.1, -0.05) is 36.8 Å². The first-order valence-corrected chi connectivity index (χ1v) is 9.74. The van der Waals surface area contributed by atoms with Crippen LogP contribution in [0.1, 0.15) is 66.6 Å². The molecule has 1 N–H and O–H groups in total. The van der Waals surface area contributed by atoms with Crippen molar-refractivity contribution in [2.45, 2.75) is 52.9 Å². The SMILES string of the molecule is CCc1cc(C2=C(C)CCC23CC3)ccc1NC(=O)c1ccccc1C. The first-order valence-electron chi connectivity index (χ1n) is 9.74. The number of amides is 1. The Morgan fingerprint density at radius 2 is 1.85 bits per heavy atom. The number of aryl methyl sites for hydroxylation is 2. The summed E-state index contributed by atoms with van der Waals surface area (Å²) in [7, 11) is 0. The number of rotatable bonds is 4. The number of nitrogens with one attached hydrogen (secondary N) is 1. The molecule has 0 saturated heterocycles. The molecule has 0 unspecified atom stereocenters. The number of hydrogen-bond donors (Lipinski definition) is 1. The monoisotopic (exact) mass is 345 g/mol. The van der Waals surface area contributed by atoms with Crippen molar-refractivity contribution in [1.29, 1.82) is 0 Å². The average Bonchev–Trinajstić information content (AvgIpc) is 3.34. The van der Waals surface area contributed by atoms with Crippen LogP contribution < -0.4 is 5.32 Å². The molecule has 1 fully saturated rings. The number of benzene rings is 2. The Bertz CT molecular complexity index is 902. The summed E-state index contributed by atoms with van der Waals surface area (Å²) in [5, 5.41) is 3.13. The van der Waals surface area contributed by atoms with E-state index < -0.39 is 0 Å². The maximum Gasteiger partial charge on any atom is 0.255 e. The molecule has 1 amide bonds. The van der Waals surface area contributed by atoms with Crippen LogP contribution in [0.25, 0.3) is 5.57 Å². The van der Waals surface area contributed by atoms with Gasteiger partial charge in [0.1, 0.15) is 0 Å². The molecule has 2 aromatic carbocycles.